The highest BCUT2D eigenvalue weighted by atomic mass is 16.5. The molecule has 1 aromatic carbocycles. The number of fused-ring (bicyclic) bond motifs is 1. The minimum Gasteiger partial charge on any atom is -0.378 e. The Morgan fingerprint density at radius 1 is 1.19 bits per heavy atom. The number of carbonyl (C=O) groups is 1. The van der Waals surface area contributed by atoms with Crippen molar-refractivity contribution in [2.75, 3.05) is 26.3 Å². The maximum absolute atomic E-state index is 12.4. The zero-order chi connectivity index (χ0) is 18.1. The Hall–Kier alpha value is -2.80. The predicted molar refractivity (Wildman–Crippen MR) is 97.6 cm³/mol. The first-order valence-electron chi connectivity index (χ1n) is 8.72. The molecule has 0 atom stereocenters. The number of imidazole rings is 1. The largest absolute Gasteiger partial charge is 0.378 e. The molecule has 0 bridgehead atoms. The summed E-state index contributed by atoms with van der Waals surface area (Å²) in [7, 11) is 2.00. The number of aryl methyl sites for hydroxylation is 1. The molecule has 1 amide bonds. The van der Waals surface area contributed by atoms with E-state index in [2.05, 4.69) is 25.8 Å². The Morgan fingerprint density at radius 3 is 2.73 bits per heavy atom. The van der Waals surface area contributed by atoms with Crippen molar-refractivity contribution in [3.05, 3.63) is 42.0 Å². The van der Waals surface area contributed by atoms with Crippen LogP contribution in [0.3, 0.4) is 0 Å². The molecule has 7 heteroatoms. The fourth-order valence-electron chi connectivity index (χ4n) is 3.18. The lowest BCUT2D eigenvalue weighted by Crippen LogP contribution is -2.41. The van der Waals surface area contributed by atoms with Gasteiger partial charge in [0.25, 0.3) is 0 Å². The van der Waals surface area contributed by atoms with E-state index in [9.17, 15) is 4.79 Å². The normalized spacial score (nSPS) is 14.8. The van der Waals surface area contributed by atoms with E-state index < -0.39 is 0 Å². The first kappa shape index (κ1) is 16.7. The average Bonchev–Trinajstić information content (AvgIpc) is 3.00. The second-order valence-electron chi connectivity index (χ2n) is 6.53. The number of ether oxygens (including phenoxy) is 1. The Morgan fingerprint density at radius 2 is 2.00 bits per heavy atom. The van der Waals surface area contributed by atoms with Crippen molar-refractivity contribution in [3.63, 3.8) is 0 Å². The van der Waals surface area contributed by atoms with Crippen molar-refractivity contribution in [1.82, 2.24) is 24.6 Å². The topological polar surface area (TPSA) is 73.1 Å². The molecule has 134 valence electrons. The SMILES string of the molecule is Cc1ncc(-c2ccc3nnc(CC(=O)N4CCOCC4)cc3c2)n1C. The molecule has 3 aromatic rings. The number of amides is 1. The van der Waals surface area contributed by atoms with Crippen LogP contribution in [0.25, 0.3) is 22.2 Å². The van der Waals surface area contributed by atoms with Gasteiger partial charge in [-0.25, -0.2) is 4.98 Å². The number of morpholine rings is 1. The summed E-state index contributed by atoms with van der Waals surface area (Å²) in [6.07, 6.45) is 2.13. The van der Waals surface area contributed by atoms with Crippen molar-refractivity contribution in [2.45, 2.75) is 13.3 Å². The molecule has 1 fully saturated rings. The summed E-state index contributed by atoms with van der Waals surface area (Å²) in [4.78, 5) is 18.6. The van der Waals surface area contributed by atoms with Crippen LogP contribution >= 0.6 is 0 Å². The summed E-state index contributed by atoms with van der Waals surface area (Å²) in [5.74, 6) is 1.03. The van der Waals surface area contributed by atoms with E-state index in [1.54, 1.807) is 0 Å². The summed E-state index contributed by atoms with van der Waals surface area (Å²) < 4.78 is 7.35. The Labute approximate surface area is 151 Å². The molecule has 0 saturated carbocycles. The van der Waals surface area contributed by atoms with Gasteiger partial charge in [-0.2, -0.15) is 10.2 Å². The second kappa shape index (κ2) is 6.84. The van der Waals surface area contributed by atoms with E-state index in [1.165, 1.54) is 0 Å². The quantitative estimate of drug-likeness (QED) is 0.719. The van der Waals surface area contributed by atoms with Crippen LogP contribution in [-0.2, 0) is 23.0 Å². The summed E-state index contributed by atoms with van der Waals surface area (Å²) >= 11 is 0. The molecule has 26 heavy (non-hydrogen) atoms. The van der Waals surface area contributed by atoms with E-state index in [0.717, 1.165) is 28.0 Å². The molecule has 1 saturated heterocycles. The molecule has 7 nitrogen and oxygen atoms in total. The smallest absolute Gasteiger partial charge is 0.228 e. The van der Waals surface area contributed by atoms with Gasteiger partial charge in [0.2, 0.25) is 5.91 Å². The zero-order valence-corrected chi connectivity index (χ0v) is 15.0. The molecule has 0 N–H and O–H groups in total. The van der Waals surface area contributed by atoms with E-state index in [4.69, 9.17) is 4.74 Å². The number of hydrogen-bond donors (Lipinski definition) is 0. The van der Waals surface area contributed by atoms with Crippen molar-refractivity contribution in [3.8, 4) is 11.3 Å². The Kier molecular flexibility index (Phi) is 4.38. The third-order valence-electron chi connectivity index (χ3n) is 4.85. The standard InChI is InChI=1S/C19H21N5O2/c1-13-20-12-18(23(13)2)14-3-4-17-15(9-14)10-16(21-22-17)11-19(25)24-5-7-26-8-6-24/h3-4,9-10,12H,5-8,11H2,1-2H3. The van der Waals surface area contributed by atoms with Gasteiger partial charge in [0.1, 0.15) is 5.82 Å². The van der Waals surface area contributed by atoms with Gasteiger partial charge in [0.05, 0.1) is 42.7 Å². The van der Waals surface area contributed by atoms with Gasteiger partial charge in [0, 0.05) is 31.1 Å². The van der Waals surface area contributed by atoms with Gasteiger partial charge in [-0.3, -0.25) is 4.79 Å². The van der Waals surface area contributed by atoms with Crippen LogP contribution in [0.15, 0.2) is 30.5 Å². The number of carbonyl (C=O) groups excluding carboxylic acids is 1. The van der Waals surface area contributed by atoms with Crippen molar-refractivity contribution in [2.24, 2.45) is 7.05 Å². The van der Waals surface area contributed by atoms with Crippen molar-refractivity contribution >= 4 is 16.8 Å². The highest BCUT2D eigenvalue weighted by molar-refractivity contribution is 5.85. The molecule has 3 heterocycles. The molecule has 0 radical (unpaired) electrons. The van der Waals surface area contributed by atoms with Crippen LogP contribution in [0.2, 0.25) is 0 Å². The minimum atomic E-state index is 0.0698. The molecule has 0 spiro atoms. The summed E-state index contributed by atoms with van der Waals surface area (Å²) in [6.45, 7) is 4.46. The lowest BCUT2D eigenvalue weighted by atomic mass is 10.1. The van der Waals surface area contributed by atoms with Crippen molar-refractivity contribution < 1.29 is 9.53 Å². The van der Waals surface area contributed by atoms with Crippen LogP contribution in [0.5, 0.6) is 0 Å². The van der Waals surface area contributed by atoms with Gasteiger partial charge in [-0.05, 0) is 25.1 Å². The van der Waals surface area contributed by atoms with Gasteiger partial charge in [0.15, 0.2) is 0 Å². The van der Waals surface area contributed by atoms with Crippen LogP contribution < -0.4 is 0 Å². The highest BCUT2D eigenvalue weighted by Gasteiger charge is 2.18. The zero-order valence-electron chi connectivity index (χ0n) is 15.0. The lowest BCUT2D eigenvalue weighted by molar-refractivity contribution is -0.134. The molecule has 0 unspecified atom stereocenters. The molecule has 2 aromatic heterocycles. The van der Waals surface area contributed by atoms with Crippen LogP contribution in [0.1, 0.15) is 11.5 Å². The fourth-order valence-corrected chi connectivity index (χ4v) is 3.18. The van der Waals surface area contributed by atoms with Gasteiger partial charge >= 0.3 is 0 Å². The molecule has 0 aliphatic carbocycles. The monoisotopic (exact) mass is 351 g/mol. The maximum atomic E-state index is 12.4. The van der Waals surface area contributed by atoms with Gasteiger partial charge < -0.3 is 14.2 Å². The fraction of sp³-hybridized carbons (Fsp3) is 0.368. The lowest BCUT2D eigenvalue weighted by Gasteiger charge is -2.26. The highest BCUT2D eigenvalue weighted by Crippen LogP contribution is 2.24. The van der Waals surface area contributed by atoms with Crippen LogP contribution in [-0.4, -0.2) is 56.9 Å². The summed E-state index contributed by atoms with van der Waals surface area (Å²) in [6, 6.07) is 8.00. The average molecular weight is 351 g/mol. The first-order valence-corrected chi connectivity index (χ1v) is 8.72. The maximum Gasteiger partial charge on any atom is 0.228 e. The van der Waals surface area contributed by atoms with E-state index >= 15 is 0 Å². The number of hydrogen-bond acceptors (Lipinski definition) is 5. The third kappa shape index (κ3) is 3.17. The molecule has 1 aliphatic rings. The van der Waals surface area contributed by atoms with E-state index in [-0.39, 0.29) is 12.3 Å². The summed E-state index contributed by atoms with van der Waals surface area (Å²) in [5.41, 5.74) is 3.62. The molecular formula is C19H21N5O2. The number of nitrogens with zero attached hydrogens (tertiary/aromatic N) is 5. The number of aromatic nitrogens is 4. The van der Waals surface area contributed by atoms with Crippen LogP contribution in [0, 0.1) is 6.92 Å². The molecular weight excluding hydrogens is 330 g/mol. The van der Waals surface area contributed by atoms with E-state index in [1.807, 2.05) is 43.3 Å². The Balaban J connectivity index is 1.61. The minimum absolute atomic E-state index is 0.0698. The first-order chi connectivity index (χ1) is 12.6. The van der Waals surface area contributed by atoms with Gasteiger partial charge in [-0.15, -0.1) is 0 Å². The number of benzene rings is 1. The Bertz CT molecular complexity index is 960. The second-order valence-corrected chi connectivity index (χ2v) is 6.53. The van der Waals surface area contributed by atoms with E-state index in [0.29, 0.717) is 32.0 Å². The predicted octanol–water partition coefficient (Wildman–Crippen LogP) is 1.74. The third-order valence-corrected chi connectivity index (χ3v) is 4.85. The summed E-state index contributed by atoms with van der Waals surface area (Å²) in [5, 5.41) is 9.47. The molecule has 4 rings (SSSR count). The molecule has 1 aliphatic heterocycles. The number of rotatable bonds is 3. The van der Waals surface area contributed by atoms with Crippen molar-refractivity contribution in [1.29, 1.82) is 0 Å². The van der Waals surface area contributed by atoms with Gasteiger partial charge in [-0.1, -0.05) is 6.07 Å². The van der Waals surface area contributed by atoms with Crippen LogP contribution in [0.4, 0.5) is 0 Å².